The standard InChI is InChI=1S/C22H25N5O3/c1-2-4-20-25-17-5-3-9-23-21(17)27(20)16-8-10-26(14-16)22(28)24-15-6-7-18-19(13-15)30-12-11-29-18/h3,5-7,9,13,16H,2,4,8,10-12,14H2,1H3,(H,24,28)/t16-/m0/s1. The molecule has 1 fully saturated rings. The van der Waals surface area contributed by atoms with E-state index in [9.17, 15) is 4.79 Å². The first-order valence-corrected chi connectivity index (χ1v) is 10.5. The molecule has 0 radical (unpaired) electrons. The highest BCUT2D eigenvalue weighted by molar-refractivity contribution is 5.90. The minimum Gasteiger partial charge on any atom is -0.486 e. The van der Waals surface area contributed by atoms with Crippen molar-refractivity contribution < 1.29 is 14.3 Å². The molecule has 1 saturated heterocycles. The van der Waals surface area contributed by atoms with Crippen LogP contribution in [-0.4, -0.2) is 51.8 Å². The number of carbonyl (C=O) groups excluding carboxylic acids is 1. The fourth-order valence-electron chi connectivity index (χ4n) is 4.22. The maximum atomic E-state index is 12.9. The van der Waals surface area contributed by atoms with Crippen LogP contribution in [0.15, 0.2) is 36.5 Å². The zero-order chi connectivity index (χ0) is 20.5. The molecule has 1 atom stereocenters. The smallest absolute Gasteiger partial charge is 0.321 e. The van der Waals surface area contributed by atoms with E-state index in [0.29, 0.717) is 43.5 Å². The van der Waals surface area contributed by atoms with Crippen molar-refractivity contribution in [3.05, 3.63) is 42.4 Å². The van der Waals surface area contributed by atoms with Crippen LogP contribution in [0.25, 0.3) is 11.2 Å². The van der Waals surface area contributed by atoms with Crippen LogP contribution in [0.4, 0.5) is 10.5 Å². The van der Waals surface area contributed by atoms with Gasteiger partial charge >= 0.3 is 6.03 Å². The summed E-state index contributed by atoms with van der Waals surface area (Å²) in [7, 11) is 0. The highest BCUT2D eigenvalue weighted by atomic mass is 16.6. The van der Waals surface area contributed by atoms with Gasteiger partial charge in [0.15, 0.2) is 17.1 Å². The van der Waals surface area contributed by atoms with Gasteiger partial charge in [0.25, 0.3) is 0 Å². The van der Waals surface area contributed by atoms with Gasteiger partial charge in [0.1, 0.15) is 24.6 Å². The zero-order valence-electron chi connectivity index (χ0n) is 17.0. The summed E-state index contributed by atoms with van der Waals surface area (Å²) in [5.41, 5.74) is 2.52. The summed E-state index contributed by atoms with van der Waals surface area (Å²) in [6.07, 6.45) is 4.60. The van der Waals surface area contributed by atoms with Crippen molar-refractivity contribution >= 4 is 22.9 Å². The zero-order valence-corrected chi connectivity index (χ0v) is 17.0. The van der Waals surface area contributed by atoms with E-state index in [-0.39, 0.29) is 12.1 Å². The molecule has 2 aliphatic rings. The Morgan fingerprint density at radius 1 is 1.23 bits per heavy atom. The minimum atomic E-state index is -0.108. The van der Waals surface area contributed by atoms with E-state index in [2.05, 4.69) is 21.8 Å². The Morgan fingerprint density at radius 2 is 2.10 bits per heavy atom. The van der Waals surface area contributed by atoms with E-state index in [4.69, 9.17) is 14.5 Å². The predicted octanol–water partition coefficient (Wildman–Crippen LogP) is 3.63. The van der Waals surface area contributed by atoms with Crippen molar-refractivity contribution in [3.63, 3.8) is 0 Å². The Labute approximate surface area is 174 Å². The Bertz CT molecular complexity index is 1080. The van der Waals surface area contributed by atoms with Crippen LogP contribution in [0.2, 0.25) is 0 Å². The van der Waals surface area contributed by atoms with Gasteiger partial charge in [-0.1, -0.05) is 6.92 Å². The molecule has 0 spiro atoms. The number of aromatic nitrogens is 3. The molecular weight excluding hydrogens is 382 g/mol. The third kappa shape index (κ3) is 3.42. The lowest BCUT2D eigenvalue weighted by molar-refractivity contribution is 0.171. The number of nitrogens with one attached hydrogen (secondary N) is 1. The minimum absolute atomic E-state index is 0.108. The van der Waals surface area contributed by atoms with Crippen LogP contribution >= 0.6 is 0 Å². The number of pyridine rings is 1. The van der Waals surface area contributed by atoms with Gasteiger partial charge in [-0.3, -0.25) is 0 Å². The maximum Gasteiger partial charge on any atom is 0.321 e. The molecule has 5 rings (SSSR count). The van der Waals surface area contributed by atoms with Crippen LogP contribution in [0.1, 0.15) is 31.6 Å². The van der Waals surface area contributed by atoms with Crippen LogP contribution in [-0.2, 0) is 6.42 Å². The van der Waals surface area contributed by atoms with E-state index in [1.165, 1.54) is 0 Å². The first-order valence-electron chi connectivity index (χ1n) is 10.5. The maximum absolute atomic E-state index is 12.9. The third-order valence-electron chi connectivity index (χ3n) is 5.60. The lowest BCUT2D eigenvalue weighted by Gasteiger charge is -2.21. The van der Waals surface area contributed by atoms with Gasteiger partial charge in [-0.05, 0) is 37.1 Å². The third-order valence-corrected chi connectivity index (χ3v) is 5.60. The molecule has 30 heavy (non-hydrogen) atoms. The second-order valence-electron chi connectivity index (χ2n) is 7.67. The Morgan fingerprint density at radius 3 is 2.97 bits per heavy atom. The number of ether oxygens (including phenoxy) is 2. The average molecular weight is 407 g/mol. The summed E-state index contributed by atoms with van der Waals surface area (Å²) in [4.78, 5) is 24.1. The number of imidazole rings is 1. The van der Waals surface area contributed by atoms with Gasteiger partial charge in [0.05, 0.1) is 6.04 Å². The van der Waals surface area contributed by atoms with Gasteiger partial charge in [-0.15, -0.1) is 0 Å². The fourth-order valence-corrected chi connectivity index (χ4v) is 4.22. The Balaban J connectivity index is 1.32. The summed E-state index contributed by atoms with van der Waals surface area (Å²) in [6, 6.07) is 9.47. The van der Waals surface area contributed by atoms with E-state index >= 15 is 0 Å². The number of benzene rings is 1. The van der Waals surface area contributed by atoms with Crippen molar-refractivity contribution in [2.45, 2.75) is 32.2 Å². The van der Waals surface area contributed by atoms with Gasteiger partial charge in [0, 0.05) is 37.5 Å². The highest BCUT2D eigenvalue weighted by Crippen LogP contribution is 2.33. The van der Waals surface area contributed by atoms with Crippen molar-refractivity contribution in [1.29, 1.82) is 0 Å². The highest BCUT2D eigenvalue weighted by Gasteiger charge is 2.30. The number of urea groups is 1. The van der Waals surface area contributed by atoms with E-state index in [1.807, 2.05) is 35.2 Å². The average Bonchev–Trinajstić information content (AvgIpc) is 3.38. The summed E-state index contributed by atoms with van der Waals surface area (Å²) in [5, 5.41) is 2.99. The molecule has 8 heteroatoms. The summed E-state index contributed by atoms with van der Waals surface area (Å²) in [5.74, 6) is 2.42. The lowest BCUT2D eigenvalue weighted by Crippen LogP contribution is -2.33. The van der Waals surface area contributed by atoms with Crippen LogP contribution in [0.5, 0.6) is 11.5 Å². The Hall–Kier alpha value is -3.29. The predicted molar refractivity (Wildman–Crippen MR) is 113 cm³/mol. The fraction of sp³-hybridized carbons (Fsp3) is 0.409. The monoisotopic (exact) mass is 407 g/mol. The van der Waals surface area contributed by atoms with Crippen LogP contribution in [0, 0.1) is 0 Å². The van der Waals surface area contributed by atoms with Crippen molar-refractivity contribution in [2.24, 2.45) is 0 Å². The SMILES string of the molecule is CCCc1nc2cccnc2n1[C@H]1CCN(C(=O)Nc2ccc3c(c2)OCCO3)C1. The number of hydrogen-bond acceptors (Lipinski definition) is 5. The van der Waals surface area contributed by atoms with Crippen molar-refractivity contribution in [3.8, 4) is 11.5 Å². The van der Waals surface area contributed by atoms with E-state index in [1.54, 1.807) is 6.20 Å². The molecule has 0 aliphatic carbocycles. The number of amides is 2. The Kier molecular flexibility index (Phi) is 4.90. The van der Waals surface area contributed by atoms with Crippen molar-refractivity contribution in [1.82, 2.24) is 19.4 Å². The first kappa shape index (κ1) is 18.7. The molecule has 156 valence electrons. The number of aryl methyl sites for hydroxylation is 1. The second kappa shape index (κ2) is 7.85. The molecule has 0 saturated carbocycles. The van der Waals surface area contributed by atoms with Crippen molar-refractivity contribution in [2.75, 3.05) is 31.6 Å². The molecule has 1 aromatic carbocycles. The lowest BCUT2D eigenvalue weighted by atomic mass is 10.2. The number of rotatable bonds is 4. The first-order chi connectivity index (χ1) is 14.7. The van der Waals surface area contributed by atoms with Crippen LogP contribution in [0.3, 0.4) is 0 Å². The van der Waals surface area contributed by atoms with Crippen LogP contribution < -0.4 is 14.8 Å². The molecule has 3 aromatic rings. The molecule has 2 aliphatic heterocycles. The van der Waals surface area contributed by atoms with Gasteiger partial charge in [0.2, 0.25) is 0 Å². The summed E-state index contributed by atoms with van der Waals surface area (Å²) < 4.78 is 13.4. The molecule has 2 amide bonds. The summed E-state index contributed by atoms with van der Waals surface area (Å²) in [6.45, 7) is 4.55. The number of fused-ring (bicyclic) bond motifs is 2. The molecular formula is C22H25N5O3. The van der Waals surface area contributed by atoms with E-state index in [0.717, 1.165) is 36.3 Å². The number of carbonyl (C=O) groups is 1. The molecule has 2 aromatic heterocycles. The van der Waals surface area contributed by atoms with Gasteiger partial charge in [-0.25, -0.2) is 14.8 Å². The van der Waals surface area contributed by atoms with Gasteiger partial charge < -0.3 is 24.3 Å². The normalized spacial score (nSPS) is 18.0. The molecule has 4 heterocycles. The number of likely N-dealkylation sites (tertiary alicyclic amines) is 1. The van der Waals surface area contributed by atoms with E-state index < -0.39 is 0 Å². The topological polar surface area (TPSA) is 81.5 Å². The summed E-state index contributed by atoms with van der Waals surface area (Å²) >= 11 is 0. The quantitative estimate of drug-likeness (QED) is 0.714. The van der Waals surface area contributed by atoms with Gasteiger partial charge in [-0.2, -0.15) is 0 Å². The number of hydrogen-bond donors (Lipinski definition) is 1. The molecule has 0 unspecified atom stereocenters. The largest absolute Gasteiger partial charge is 0.486 e. The molecule has 8 nitrogen and oxygen atoms in total. The number of nitrogens with zero attached hydrogens (tertiary/aromatic N) is 4. The second-order valence-corrected chi connectivity index (χ2v) is 7.67. The molecule has 1 N–H and O–H groups in total. The number of anilines is 1. The molecule has 0 bridgehead atoms.